The molecule has 0 spiro atoms. The van der Waals surface area contributed by atoms with Crippen molar-refractivity contribution in [1.82, 2.24) is 4.98 Å². The highest BCUT2D eigenvalue weighted by molar-refractivity contribution is 7.14. The van der Waals surface area contributed by atoms with Crippen LogP contribution in [0, 0.1) is 0 Å². The van der Waals surface area contributed by atoms with Gasteiger partial charge in [-0.25, -0.2) is 4.98 Å². The van der Waals surface area contributed by atoms with Crippen molar-refractivity contribution in [2.24, 2.45) is 0 Å². The van der Waals surface area contributed by atoms with Crippen molar-refractivity contribution in [3.8, 4) is 11.3 Å². The number of hydrogen-bond donors (Lipinski definition) is 1. The molecule has 1 N–H and O–H groups in total. The van der Waals surface area contributed by atoms with Crippen LogP contribution in [0.25, 0.3) is 11.3 Å². The Morgan fingerprint density at radius 2 is 1.96 bits per heavy atom. The summed E-state index contributed by atoms with van der Waals surface area (Å²) in [4.78, 5) is 16.7. The third kappa shape index (κ3) is 4.68. The van der Waals surface area contributed by atoms with Crippen molar-refractivity contribution in [2.75, 3.05) is 5.32 Å². The van der Waals surface area contributed by atoms with Crippen molar-refractivity contribution in [1.29, 1.82) is 0 Å². The first-order chi connectivity index (χ1) is 12.0. The Bertz CT molecular complexity index is 871. The molecule has 0 radical (unpaired) electrons. The van der Waals surface area contributed by atoms with Crippen LogP contribution in [-0.2, 0) is 11.2 Å². The quantitative estimate of drug-likeness (QED) is 0.619. The predicted octanol–water partition coefficient (Wildman–Crippen LogP) is 5.77. The van der Waals surface area contributed by atoms with Gasteiger partial charge in [-0.3, -0.25) is 4.79 Å². The summed E-state index contributed by atoms with van der Waals surface area (Å²) in [5.41, 5.74) is 4.02. The predicted molar refractivity (Wildman–Crippen MR) is 105 cm³/mol. The summed E-state index contributed by atoms with van der Waals surface area (Å²) in [5.74, 6) is 0.424. The first-order valence-corrected chi connectivity index (χ1v) is 9.37. The molecule has 128 valence electrons. The minimum absolute atomic E-state index is 0.0655. The molecule has 3 nitrogen and oxygen atoms in total. The number of nitrogens with one attached hydrogen (secondary N) is 1. The fourth-order valence-electron chi connectivity index (χ4n) is 2.48. The van der Waals surface area contributed by atoms with Crippen molar-refractivity contribution < 1.29 is 4.79 Å². The molecular formula is C20H19ClN2OS. The van der Waals surface area contributed by atoms with Crippen molar-refractivity contribution in [3.63, 3.8) is 0 Å². The van der Waals surface area contributed by atoms with Crippen LogP contribution in [0.5, 0.6) is 0 Å². The number of rotatable bonds is 5. The zero-order valence-corrected chi connectivity index (χ0v) is 15.7. The fraction of sp³-hybridized carbons (Fsp3) is 0.200. The number of anilines is 1. The van der Waals surface area contributed by atoms with E-state index in [2.05, 4.69) is 36.3 Å². The fourth-order valence-corrected chi connectivity index (χ4v) is 3.41. The van der Waals surface area contributed by atoms with Gasteiger partial charge in [0.25, 0.3) is 0 Å². The molecular weight excluding hydrogens is 352 g/mol. The van der Waals surface area contributed by atoms with Crippen LogP contribution in [0.1, 0.15) is 30.9 Å². The van der Waals surface area contributed by atoms with E-state index >= 15 is 0 Å². The molecule has 1 heterocycles. The van der Waals surface area contributed by atoms with E-state index in [9.17, 15) is 4.79 Å². The Morgan fingerprint density at radius 1 is 1.20 bits per heavy atom. The molecule has 0 saturated carbocycles. The van der Waals surface area contributed by atoms with Crippen LogP contribution < -0.4 is 5.32 Å². The number of halogens is 1. The van der Waals surface area contributed by atoms with E-state index in [0.717, 1.165) is 16.8 Å². The lowest BCUT2D eigenvalue weighted by molar-refractivity contribution is -0.115. The van der Waals surface area contributed by atoms with E-state index in [4.69, 9.17) is 11.6 Å². The molecule has 0 unspecified atom stereocenters. The number of aromatic nitrogens is 1. The Labute approximate surface area is 156 Å². The second-order valence-electron chi connectivity index (χ2n) is 6.17. The van der Waals surface area contributed by atoms with E-state index in [-0.39, 0.29) is 5.91 Å². The largest absolute Gasteiger partial charge is 0.302 e. The number of thiazole rings is 1. The Hall–Kier alpha value is -2.17. The Balaban J connectivity index is 1.63. The van der Waals surface area contributed by atoms with Crippen LogP contribution in [0.4, 0.5) is 5.13 Å². The molecule has 25 heavy (non-hydrogen) atoms. The summed E-state index contributed by atoms with van der Waals surface area (Å²) < 4.78 is 0. The first-order valence-electron chi connectivity index (χ1n) is 8.11. The number of nitrogens with zero attached hydrogens (tertiary/aromatic N) is 1. The molecule has 0 aliphatic heterocycles. The Morgan fingerprint density at radius 3 is 2.64 bits per heavy atom. The van der Waals surface area contributed by atoms with Gasteiger partial charge in [-0.2, -0.15) is 0 Å². The van der Waals surface area contributed by atoms with E-state index in [1.807, 2.05) is 41.8 Å². The number of amides is 1. The summed E-state index contributed by atoms with van der Waals surface area (Å²) in [6.07, 6.45) is 0.338. The molecule has 1 amide bonds. The highest BCUT2D eigenvalue weighted by atomic mass is 35.5. The maximum atomic E-state index is 12.2. The van der Waals surface area contributed by atoms with Crippen LogP contribution in [0.2, 0.25) is 5.02 Å². The Kier molecular flexibility index (Phi) is 5.51. The topological polar surface area (TPSA) is 42.0 Å². The van der Waals surface area contributed by atoms with E-state index in [1.165, 1.54) is 16.9 Å². The van der Waals surface area contributed by atoms with Gasteiger partial charge < -0.3 is 5.32 Å². The van der Waals surface area contributed by atoms with E-state index in [1.54, 1.807) is 0 Å². The summed E-state index contributed by atoms with van der Waals surface area (Å²) in [7, 11) is 0. The third-order valence-corrected chi connectivity index (χ3v) is 4.87. The second kappa shape index (κ2) is 7.81. The molecule has 0 atom stereocenters. The molecule has 0 saturated heterocycles. The molecule has 5 heteroatoms. The van der Waals surface area contributed by atoms with E-state index < -0.39 is 0 Å². The highest BCUT2D eigenvalue weighted by Crippen LogP contribution is 2.26. The lowest BCUT2D eigenvalue weighted by Gasteiger charge is -2.06. The summed E-state index contributed by atoms with van der Waals surface area (Å²) in [5, 5.41) is 6.05. The molecule has 0 aliphatic carbocycles. The van der Waals surface area contributed by atoms with Gasteiger partial charge in [-0.15, -0.1) is 11.3 Å². The maximum absolute atomic E-state index is 12.2. The maximum Gasteiger partial charge on any atom is 0.230 e. The smallest absolute Gasteiger partial charge is 0.230 e. The van der Waals surface area contributed by atoms with Gasteiger partial charge in [-0.05, 0) is 29.2 Å². The van der Waals surface area contributed by atoms with E-state index in [0.29, 0.717) is 22.5 Å². The minimum atomic E-state index is -0.0655. The van der Waals surface area contributed by atoms with Crippen molar-refractivity contribution in [3.05, 3.63) is 70.1 Å². The SMILES string of the molecule is CC(C)c1ccc(CC(=O)Nc2nc(-c3cccc(Cl)c3)cs2)cc1. The van der Waals surface area contributed by atoms with Gasteiger partial charge in [0.05, 0.1) is 12.1 Å². The number of hydrogen-bond acceptors (Lipinski definition) is 3. The average Bonchev–Trinajstić information content (AvgIpc) is 3.03. The van der Waals surface area contributed by atoms with Gasteiger partial charge in [0, 0.05) is 16.0 Å². The number of carbonyl (C=O) groups is 1. The molecule has 3 aromatic rings. The minimum Gasteiger partial charge on any atom is -0.302 e. The van der Waals surface area contributed by atoms with Crippen LogP contribution >= 0.6 is 22.9 Å². The molecule has 0 aliphatic rings. The summed E-state index contributed by atoms with van der Waals surface area (Å²) >= 11 is 7.42. The number of benzene rings is 2. The summed E-state index contributed by atoms with van der Waals surface area (Å²) in [6, 6.07) is 15.7. The first kappa shape index (κ1) is 17.6. The average molecular weight is 371 g/mol. The molecule has 1 aromatic heterocycles. The van der Waals surface area contributed by atoms with Crippen LogP contribution in [0.15, 0.2) is 53.9 Å². The van der Waals surface area contributed by atoms with Crippen molar-refractivity contribution in [2.45, 2.75) is 26.2 Å². The van der Waals surface area contributed by atoms with Crippen LogP contribution in [0.3, 0.4) is 0 Å². The van der Waals surface area contributed by atoms with Gasteiger partial charge >= 0.3 is 0 Å². The lowest BCUT2D eigenvalue weighted by atomic mass is 10.0. The van der Waals surface area contributed by atoms with Crippen molar-refractivity contribution >= 4 is 34.0 Å². The molecule has 2 aromatic carbocycles. The summed E-state index contributed by atoms with van der Waals surface area (Å²) in [6.45, 7) is 4.31. The second-order valence-corrected chi connectivity index (χ2v) is 7.46. The van der Waals surface area contributed by atoms with Gasteiger partial charge in [0.1, 0.15) is 0 Å². The number of carbonyl (C=O) groups excluding carboxylic acids is 1. The standard InChI is InChI=1S/C20H19ClN2OS/c1-13(2)15-8-6-14(7-9-15)10-19(24)23-20-22-18(12-25-20)16-4-3-5-17(21)11-16/h3-9,11-13H,10H2,1-2H3,(H,22,23,24). The monoisotopic (exact) mass is 370 g/mol. The van der Waals surface area contributed by atoms with Gasteiger partial charge in [-0.1, -0.05) is 61.8 Å². The normalized spacial score (nSPS) is 10.9. The highest BCUT2D eigenvalue weighted by Gasteiger charge is 2.09. The van der Waals surface area contributed by atoms with Gasteiger partial charge in [0.15, 0.2) is 5.13 Å². The van der Waals surface area contributed by atoms with Gasteiger partial charge in [0.2, 0.25) is 5.91 Å². The third-order valence-electron chi connectivity index (χ3n) is 3.88. The zero-order chi connectivity index (χ0) is 17.8. The molecule has 0 bridgehead atoms. The molecule has 0 fully saturated rings. The lowest BCUT2D eigenvalue weighted by Crippen LogP contribution is -2.14. The molecule has 3 rings (SSSR count). The van der Waals surface area contributed by atoms with Crippen LogP contribution in [-0.4, -0.2) is 10.9 Å². The zero-order valence-electron chi connectivity index (χ0n) is 14.1.